The van der Waals surface area contributed by atoms with Gasteiger partial charge in [0.25, 0.3) is 0 Å². The number of nitrogens with one attached hydrogen (secondary N) is 2. The van der Waals surface area contributed by atoms with Crippen LogP contribution < -0.4 is 10.6 Å². The standard InChI is InChI=1S/C23H24F3N5/c1-15-9-10-17(23(24,25)26)12-19(15)29-21-13-20(16-6-5-11-27-14-16)30-22(31-21)28-18-7-3-2-4-8-18/h5-6,9-14,18H,2-4,7-8H2,1H3,(H2,28,29,30,31). The highest BCUT2D eigenvalue weighted by Gasteiger charge is 2.30. The van der Waals surface area contributed by atoms with E-state index in [9.17, 15) is 13.2 Å². The van der Waals surface area contributed by atoms with Crippen molar-refractivity contribution in [1.82, 2.24) is 15.0 Å². The van der Waals surface area contributed by atoms with Crippen LogP contribution in [0.3, 0.4) is 0 Å². The van der Waals surface area contributed by atoms with Crippen LogP contribution >= 0.6 is 0 Å². The molecular weight excluding hydrogens is 403 g/mol. The Labute approximate surface area is 179 Å². The summed E-state index contributed by atoms with van der Waals surface area (Å²) >= 11 is 0. The predicted octanol–water partition coefficient (Wildman–Crippen LogP) is 6.35. The minimum atomic E-state index is -4.41. The number of anilines is 3. The third-order valence-corrected chi connectivity index (χ3v) is 5.45. The summed E-state index contributed by atoms with van der Waals surface area (Å²) in [6, 6.07) is 9.36. The van der Waals surface area contributed by atoms with Crippen LogP contribution in [0.5, 0.6) is 0 Å². The van der Waals surface area contributed by atoms with Crippen LogP contribution in [0.4, 0.5) is 30.6 Å². The maximum Gasteiger partial charge on any atom is 0.416 e. The summed E-state index contributed by atoms with van der Waals surface area (Å²) in [6.07, 6.45) is 4.62. The van der Waals surface area contributed by atoms with Gasteiger partial charge in [-0.3, -0.25) is 4.98 Å². The molecule has 1 aromatic carbocycles. The van der Waals surface area contributed by atoms with Crippen LogP contribution in [-0.2, 0) is 6.18 Å². The number of nitrogens with zero attached hydrogens (tertiary/aromatic N) is 3. The Balaban J connectivity index is 1.68. The number of halogens is 3. The average Bonchev–Trinajstić information content (AvgIpc) is 2.76. The Bertz CT molecular complexity index is 1030. The molecule has 2 heterocycles. The van der Waals surface area contributed by atoms with E-state index >= 15 is 0 Å². The van der Waals surface area contributed by atoms with Crippen molar-refractivity contribution in [3.8, 4) is 11.3 Å². The van der Waals surface area contributed by atoms with E-state index in [0.29, 0.717) is 34.8 Å². The van der Waals surface area contributed by atoms with Crippen molar-refractivity contribution in [3.05, 3.63) is 59.9 Å². The lowest BCUT2D eigenvalue weighted by Crippen LogP contribution is -2.23. The second-order valence-corrected chi connectivity index (χ2v) is 7.84. The number of rotatable bonds is 5. The molecule has 3 aromatic rings. The highest BCUT2D eigenvalue weighted by Crippen LogP contribution is 2.33. The second kappa shape index (κ2) is 8.91. The van der Waals surface area contributed by atoms with Gasteiger partial charge in [-0.05, 0) is 49.6 Å². The van der Waals surface area contributed by atoms with Gasteiger partial charge in [0.05, 0.1) is 11.3 Å². The van der Waals surface area contributed by atoms with Gasteiger partial charge in [0.2, 0.25) is 5.95 Å². The van der Waals surface area contributed by atoms with Crippen molar-refractivity contribution >= 4 is 17.5 Å². The largest absolute Gasteiger partial charge is 0.416 e. The molecule has 0 atom stereocenters. The predicted molar refractivity (Wildman–Crippen MR) is 115 cm³/mol. The van der Waals surface area contributed by atoms with Gasteiger partial charge in [0, 0.05) is 35.8 Å². The Morgan fingerprint density at radius 3 is 2.52 bits per heavy atom. The monoisotopic (exact) mass is 427 g/mol. The van der Waals surface area contributed by atoms with E-state index in [1.807, 2.05) is 12.1 Å². The first kappa shape index (κ1) is 21.1. The number of benzene rings is 1. The number of aryl methyl sites for hydroxylation is 1. The second-order valence-electron chi connectivity index (χ2n) is 7.84. The molecule has 2 N–H and O–H groups in total. The molecule has 5 nitrogen and oxygen atoms in total. The Morgan fingerprint density at radius 1 is 1.00 bits per heavy atom. The van der Waals surface area contributed by atoms with Crippen molar-refractivity contribution in [2.75, 3.05) is 10.6 Å². The van der Waals surface area contributed by atoms with Crippen molar-refractivity contribution in [3.63, 3.8) is 0 Å². The highest BCUT2D eigenvalue weighted by atomic mass is 19.4. The molecule has 162 valence electrons. The molecule has 31 heavy (non-hydrogen) atoms. The molecule has 0 amide bonds. The van der Waals surface area contributed by atoms with Gasteiger partial charge in [-0.2, -0.15) is 18.2 Å². The fraction of sp³-hybridized carbons (Fsp3) is 0.348. The van der Waals surface area contributed by atoms with Crippen LogP contribution in [0.1, 0.15) is 43.2 Å². The molecule has 1 fully saturated rings. The zero-order valence-electron chi connectivity index (χ0n) is 17.2. The first-order valence-corrected chi connectivity index (χ1v) is 10.4. The molecule has 0 unspecified atom stereocenters. The smallest absolute Gasteiger partial charge is 0.351 e. The van der Waals surface area contributed by atoms with Crippen molar-refractivity contribution < 1.29 is 13.2 Å². The molecule has 1 aliphatic rings. The van der Waals surface area contributed by atoms with E-state index < -0.39 is 11.7 Å². The van der Waals surface area contributed by atoms with Crippen molar-refractivity contribution in [2.45, 2.75) is 51.2 Å². The van der Waals surface area contributed by atoms with E-state index in [-0.39, 0.29) is 0 Å². The van der Waals surface area contributed by atoms with Crippen LogP contribution in [0.25, 0.3) is 11.3 Å². The summed E-state index contributed by atoms with van der Waals surface area (Å²) in [5, 5.41) is 6.47. The van der Waals surface area contributed by atoms with Crippen LogP contribution in [0.15, 0.2) is 48.8 Å². The summed E-state index contributed by atoms with van der Waals surface area (Å²) in [5.74, 6) is 0.884. The molecule has 2 aromatic heterocycles. The van der Waals surface area contributed by atoms with Crippen molar-refractivity contribution in [1.29, 1.82) is 0 Å². The zero-order chi connectivity index (χ0) is 21.8. The number of aromatic nitrogens is 3. The van der Waals surface area contributed by atoms with Crippen LogP contribution in [-0.4, -0.2) is 21.0 Å². The van der Waals surface area contributed by atoms with Crippen molar-refractivity contribution in [2.24, 2.45) is 0 Å². The highest BCUT2D eigenvalue weighted by molar-refractivity contribution is 5.68. The topological polar surface area (TPSA) is 62.7 Å². The lowest BCUT2D eigenvalue weighted by Gasteiger charge is -2.23. The summed E-state index contributed by atoms with van der Waals surface area (Å²) in [5.41, 5.74) is 1.79. The maximum atomic E-state index is 13.2. The summed E-state index contributed by atoms with van der Waals surface area (Å²) in [4.78, 5) is 13.3. The Hall–Kier alpha value is -3.16. The van der Waals surface area contributed by atoms with Crippen LogP contribution in [0.2, 0.25) is 0 Å². The lowest BCUT2D eigenvalue weighted by atomic mass is 9.96. The summed E-state index contributed by atoms with van der Waals surface area (Å²) in [6.45, 7) is 1.76. The molecule has 0 bridgehead atoms. The first-order chi connectivity index (χ1) is 14.9. The molecule has 8 heteroatoms. The summed E-state index contributed by atoms with van der Waals surface area (Å²) in [7, 11) is 0. The summed E-state index contributed by atoms with van der Waals surface area (Å²) < 4.78 is 39.5. The first-order valence-electron chi connectivity index (χ1n) is 10.4. The SMILES string of the molecule is Cc1ccc(C(F)(F)F)cc1Nc1cc(-c2cccnc2)nc(NC2CCCCC2)n1. The van der Waals surface area contributed by atoms with Gasteiger partial charge >= 0.3 is 6.18 Å². The number of alkyl halides is 3. The zero-order valence-corrected chi connectivity index (χ0v) is 17.2. The van der Waals surface area contributed by atoms with Gasteiger partial charge in [-0.25, -0.2) is 4.98 Å². The van der Waals surface area contributed by atoms with E-state index in [1.165, 1.54) is 12.5 Å². The van der Waals surface area contributed by atoms with Gasteiger partial charge in [0.15, 0.2) is 0 Å². The molecule has 1 aliphatic carbocycles. The molecule has 0 aliphatic heterocycles. The molecule has 0 radical (unpaired) electrons. The molecule has 1 saturated carbocycles. The van der Waals surface area contributed by atoms with Gasteiger partial charge < -0.3 is 10.6 Å². The van der Waals surface area contributed by atoms with Gasteiger partial charge in [-0.15, -0.1) is 0 Å². The fourth-order valence-electron chi connectivity index (χ4n) is 3.74. The fourth-order valence-corrected chi connectivity index (χ4v) is 3.74. The Morgan fingerprint density at radius 2 is 1.81 bits per heavy atom. The van der Waals surface area contributed by atoms with Gasteiger partial charge in [0.1, 0.15) is 5.82 Å². The van der Waals surface area contributed by atoms with E-state index in [1.54, 1.807) is 25.4 Å². The Kier molecular flexibility index (Phi) is 6.06. The lowest BCUT2D eigenvalue weighted by molar-refractivity contribution is -0.137. The number of hydrogen-bond acceptors (Lipinski definition) is 5. The third kappa shape index (κ3) is 5.31. The normalized spacial score (nSPS) is 15.0. The number of hydrogen-bond donors (Lipinski definition) is 2. The third-order valence-electron chi connectivity index (χ3n) is 5.45. The number of pyridine rings is 1. The van der Waals surface area contributed by atoms with Crippen LogP contribution in [0, 0.1) is 6.92 Å². The van der Waals surface area contributed by atoms with Gasteiger partial charge in [-0.1, -0.05) is 25.3 Å². The van der Waals surface area contributed by atoms with E-state index in [4.69, 9.17) is 0 Å². The minimum absolute atomic E-state index is 0.293. The molecule has 0 spiro atoms. The van der Waals surface area contributed by atoms with E-state index in [2.05, 4.69) is 25.6 Å². The minimum Gasteiger partial charge on any atom is -0.351 e. The maximum absolute atomic E-state index is 13.2. The average molecular weight is 427 g/mol. The molecule has 4 rings (SSSR count). The quantitative estimate of drug-likeness (QED) is 0.496. The van der Waals surface area contributed by atoms with E-state index in [0.717, 1.165) is 43.4 Å². The molecular formula is C23H24F3N5. The molecule has 0 saturated heterocycles.